The summed E-state index contributed by atoms with van der Waals surface area (Å²) in [6.45, 7) is 9.66. The van der Waals surface area contributed by atoms with Crippen molar-refractivity contribution >= 4 is 0 Å². The first-order valence-corrected chi connectivity index (χ1v) is 9.18. The molecule has 3 rings (SSSR count). The van der Waals surface area contributed by atoms with Gasteiger partial charge in [0.25, 0.3) is 0 Å². The Hall–Kier alpha value is -2.08. The van der Waals surface area contributed by atoms with Crippen molar-refractivity contribution in [3.63, 3.8) is 0 Å². The van der Waals surface area contributed by atoms with E-state index < -0.39 is 0 Å². The summed E-state index contributed by atoms with van der Waals surface area (Å²) in [4.78, 5) is 12.6. The summed E-state index contributed by atoms with van der Waals surface area (Å²) in [6.07, 6.45) is 2.07. The molecule has 0 unspecified atom stereocenters. The summed E-state index contributed by atoms with van der Waals surface area (Å²) in [6, 6.07) is 6.12. The number of aromatic nitrogens is 3. The lowest BCUT2D eigenvalue weighted by Crippen LogP contribution is -2.30. The Kier molecular flexibility index (Phi) is 5.58. The summed E-state index contributed by atoms with van der Waals surface area (Å²) in [7, 11) is 0. The first kappa shape index (κ1) is 17.7. The van der Waals surface area contributed by atoms with Gasteiger partial charge in [0.05, 0.1) is 6.54 Å². The van der Waals surface area contributed by atoms with Crippen LogP contribution < -0.4 is 15.7 Å². The zero-order valence-electron chi connectivity index (χ0n) is 15.4. The van der Waals surface area contributed by atoms with Crippen LogP contribution in [0.25, 0.3) is 0 Å². The summed E-state index contributed by atoms with van der Waals surface area (Å²) in [5.41, 5.74) is 2.30. The summed E-state index contributed by atoms with van der Waals surface area (Å²) in [5.74, 6) is 2.17. The predicted molar refractivity (Wildman–Crippen MR) is 98.4 cm³/mol. The Morgan fingerprint density at radius 2 is 2.04 bits per heavy atom. The number of nitrogens with one attached hydrogen (secondary N) is 1. The molecule has 6 nitrogen and oxygen atoms in total. The SMILES string of the molecule is CCn1c(C2CCNCC2)nn(CCOc2ccc(C)cc2C)c1=O. The molecule has 2 heterocycles. The number of benzene rings is 1. The Bertz CT molecular complexity index is 772. The van der Waals surface area contributed by atoms with Crippen LogP contribution in [-0.4, -0.2) is 34.0 Å². The molecule has 6 heteroatoms. The summed E-state index contributed by atoms with van der Waals surface area (Å²) < 4.78 is 9.23. The lowest BCUT2D eigenvalue weighted by atomic mass is 9.97. The van der Waals surface area contributed by atoms with Crippen LogP contribution in [0.15, 0.2) is 23.0 Å². The van der Waals surface area contributed by atoms with E-state index in [0.29, 0.717) is 25.6 Å². The molecular formula is C19H28N4O2. The van der Waals surface area contributed by atoms with Gasteiger partial charge in [-0.3, -0.25) is 4.57 Å². The fraction of sp³-hybridized carbons (Fsp3) is 0.579. The zero-order valence-corrected chi connectivity index (χ0v) is 15.4. The van der Waals surface area contributed by atoms with Gasteiger partial charge >= 0.3 is 5.69 Å². The van der Waals surface area contributed by atoms with E-state index in [1.165, 1.54) is 5.56 Å². The third-order valence-electron chi connectivity index (χ3n) is 4.86. The van der Waals surface area contributed by atoms with Crippen LogP contribution in [-0.2, 0) is 13.1 Å². The smallest absolute Gasteiger partial charge is 0.346 e. The molecule has 0 bridgehead atoms. The molecular weight excluding hydrogens is 316 g/mol. The topological polar surface area (TPSA) is 61.1 Å². The minimum atomic E-state index is -0.0275. The monoisotopic (exact) mass is 344 g/mol. The fourth-order valence-electron chi connectivity index (χ4n) is 3.49. The molecule has 0 atom stereocenters. The number of rotatable bonds is 6. The van der Waals surface area contributed by atoms with E-state index >= 15 is 0 Å². The predicted octanol–water partition coefficient (Wildman–Crippen LogP) is 2.23. The minimum absolute atomic E-state index is 0.0275. The van der Waals surface area contributed by atoms with Crippen LogP contribution in [0.4, 0.5) is 0 Å². The lowest BCUT2D eigenvalue weighted by molar-refractivity contribution is 0.286. The average Bonchev–Trinajstić information content (AvgIpc) is 2.93. The van der Waals surface area contributed by atoms with Crippen LogP contribution >= 0.6 is 0 Å². The van der Waals surface area contributed by atoms with Gasteiger partial charge in [0.2, 0.25) is 0 Å². The minimum Gasteiger partial charge on any atom is -0.491 e. The molecule has 0 saturated carbocycles. The fourth-order valence-corrected chi connectivity index (χ4v) is 3.49. The van der Waals surface area contributed by atoms with E-state index in [1.807, 2.05) is 30.5 Å². The van der Waals surface area contributed by atoms with E-state index in [1.54, 1.807) is 4.68 Å². The second-order valence-electron chi connectivity index (χ2n) is 6.75. The molecule has 1 saturated heterocycles. The zero-order chi connectivity index (χ0) is 17.8. The third kappa shape index (κ3) is 3.95. The molecule has 2 aromatic rings. The van der Waals surface area contributed by atoms with E-state index in [9.17, 15) is 4.79 Å². The van der Waals surface area contributed by atoms with Crippen LogP contribution in [0.3, 0.4) is 0 Å². The maximum absolute atomic E-state index is 12.6. The molecule has 0 aliphatic carbocycles. The Balaban J connectivity index is 1.70. The van der Waals surface area contributed by atoms with E-state index in [-0.39, 0.29) is 5.69 Å². The molecule has 1 fully saturated rings. The van der Waals surface area contributed by atoms with E-state index in [2.05, 4.69) is 23.4 Å². The van der Waals surface area contributed by atoms with Gasteiger partial charge in [-0.1, -0.05) is 17.7 Å². The van der Waals surface area contributed by atoms with Crippen molar-refractivity contribution in [3.05, 3.63) is 45.6 Å². The lowest BCUT2D eigenvalue weighted by Gasteiger charge is -2.21. The van der Waals surface area contributed by atoms with Gasteiger partial charge in [0, 0.05) is 12.5 Å². The third-order valence-corrected chi connectivity index (χ3v) is 4.86. The van der Waals surface area contributed by atoms with Crippen LogP contribution in [0, 0.1) is 13.8 Å². The summed E-state index contributed by atoms with van der Waals surface area (Å²) >= 11 is 0. The van der Waals surface area contributed by atoms with Crippen molar-refractivity contribution < 1.29 is 4.74 Å². The van der Waals surface area contributed by atoms with Crippen LogP contribution in [0.2, 0.25) is 0 Å². The van der Waals surface area contributed by atoms with Crippen molar-refractivity contribution in [3.8, 4) is 5.75 Å². The van der Waals surface area contributed by atoms with Gasteiger partial charge in [-0.25, -0.2) is 9.48 Å². The first-order valence-electron chi connectivity index (χ1n) is 9.18. The highest BCUT2D eigenvalue weighted by Gasteiger charge is 2.23. The van der Waals surface area contributed by atoms with Gasteiger partial charge in [-0.15, -0.1) is 0 Å². The second-order valence-corrected chi connectivity index (χ2v) is 6.75. The van der Waals surface area contributed by atoms with Gasteiger partial charge in [-0.2, -0.15) is 5.10 Å². The Morgan fingerprint density at radius 3 is 2.72 bits per heavy atom. The quantitative estimate of drug-likeness (QED) is 0.873. The molecule has 1 aromatic carbocycles. The van der Waals surface area contributed by atoms with Gasteiger partial charge in [-0.05, 0) is 58.3 Å². The summed E-state index contributed by atoms with van der Waals surface area (Å²) in [5, 5.41) is 7.99. The highest BCUT2D eigenvalue weighted by Crippen LogP contribution is 2.22. The number of hydrogen-bond donors (Lipinski definition) is 1. The normalized spacial score (nSPS) is 15.5. The molecule has 136 valence electrons. The van der Waals surface area contributed by atoms with E-state index in [4.69, 9.17) is 4.74 Å². The standard InChI is InChI=1S/C19H28N4O2/c1-4-22-18(16-7-9-20-10-8-16)21-23(19(22)24)11-12-25-17-6-5-14(2)13-15(17)3/h5-6,13,16,20H,4,7-12H2,1-3H3. The number of ether oxygens (including phenoxy) is 1. The largest absolute Gasteiger partial charge is 0.491 e. The van der Waals surface area contributed by atoms with Crippen molar-refractivity contribution in [1.29, 1.82) is 0 Å². The van der Waals surface area contributed by atoms with Crippen molar-refractivity contribution in [2.45, 2.75) is 52.6 Å². The molecule has 1 aliphatic heterocycles. The maximum Gasteiger partial charge on any atom is 0.346 e. The molecule has 1 aromatic heterocycles. The molecule has 25 heavy (non-hydrogen) atoms. The average molecular weight is 344 g/mol. The highest BCUT2D eigenvalue weighted by molar-refractivity contribution is 5.35. The number of hydrogen-bond acceptors (Lipinski definition) is 4. The van der Waals surface area contributed by atoms with Gasteiger partial charge in [0.1, 0.15) is 18.2 Å². The van der Waals surface area contributed by atoms with Crippen molar-refractivity contribution in [2.75, 3.05) is 19.7 Å². The molecule has 0 amide bonds. The van der Waals surface area contributed by atoms with Crippen molar-refractivity contribution in [2.24, 2.45) is 0 Å². The molecule has 0 spiro atoms. The van der Waals surface area contributed by atoms with Crippen LogP contribution in [0.5, 0.6) is 5.75 Å². The number of aryl methyl sites for hydroxylation is 2. The Labute approximate surface area is 148 Å². The molecule has 0 radical (unpaired) electrons. The second kappa shape index (κ2) is 7.87. The van der Waals surface area contributed by atoms with Gasteiger partial charge < -0.3 is 10.1 Å². The van der Waals surface area contributed by atoms with Crippen molar-refractivity contribution in [1.82, 2.24) is 19.7 Å². The number of nitrogens with zero attached hydrogens (tertiary/aromatic N) is 3. The Morgan fingerprint density at radius 1 is 1.28 bits per heavy atom. The molecule has 1 N–H and O–H groups in total. The maximum atomic E-state index is 12.6. The molecule has 1 aliphatic rings. The van der Waals surface area contributed by atoms with Gasteiger partial charge in [0.15, 0.2) is 0 Å². The number of piperidine rings is 1. The first-order chi connectivity index (χ1) is 12.1. The highest BCUT2D eigenvalue weighted by atomic mass is 16.5. The van der Waals surface area contributed by atoms with E-state index in [0.717, 1.165) is 43.1 Å². The van der Waals surface area contributed by atoms with Crippen LogP contribution in [0.1, 0.15) is 42.6 Å².